The van der Waals surface area contributed by atoms with Crippen molar-refractivity contribution in [3.63, 3.8) is 0 Å². The highest BCUT2D eigenvalue weighted by atomic mass is 19.1. The summed E-state index contributed by atoms with van der Waals surface area (Å²) in [4.78, 5) is 9.87. The highest BCUT2D eigenvalue weighted by Crippen LogP contribution is 2.40. The number of nitriles is 1. The summed E-state index contributed by atoms with van der Waals surface area (Å²) in [6.07, 6.45) is 1.40. The number of fused-ring (bicyclic) bond motifs is 1. The average molecular weight is 356 g/mol. The maximum atomic E-state index is 14.9. The Morgan fingerprint density at radius 1 is 1.12 bits per heavy atom. The van der Waals surface area contributed by atoms with Crippen LogP contribution < -0.4 is 14.4 Å². The lowest BCUT2D eigenvalue weighted by molar-refractivity contribution is 0.322. The van der Waals surface area contributed by atoms with Gasteiger partial charge in [0.2, 0.25) is 5.75 Å². The van der Waals surface area contributed by atoms with Gasteiger partial charge in [0.1, 0.15) is 6.54 Å². The van der Waals surface area contributed by atoms with E-state index in [0.29, 0.717) is 11.0 Å². The smallest absolute Gasteiger partial charge is 0.202 e. The van der Waals surface area contributed by atoms with E-state index >= 15 is 0 Å². The fourth-order valence-corrected chi connectivity index (χ4v) is 2.58. The molecule has 132 valence electrons. The fourth-order valence-electron chi connectivity index (χ4n) is 2.58. The van der Waals surface area contributed by atoms with Crippen molar-refractivity contribution < 1.29 is 18.3 Å². The minimum absolute atomic E-state index is 0.203. The molecule has 0 saturated heterocycles. The van der Waals surface area contributed by atoms with Crippen molar-refractivity contribution in [2.75, 3.05) is 25.7 Å². The second-order valence-corrected chi connectivity index (χ2v) is 5.22. The number of hydrogen-bond acceptors (Lipinski definition) is 6. The molecule has 0 saturated carbocycles. The van der Waals surface area contributed by atoms with E-state index in [9.17, 15) is 8.78 Å². The topological polar surface area (TPSA) is 71.3 Å². The van der Waals surface area contributed by atoms with Gasteiger partial charge in [-0.15, -0.1) is 0 Å². The quantitative estimate of drug-likeness (QED) is 0.651. The molecular weight excluding hydrogens is 342 g/mol. The van der Waals surface area contributed by atoms with E-state index in [4.69, 9.17) is 14.7 Å². The summed E-state index contributed by atoms with van der Waals surface area (Å²) in [5, 5.41) is 9.15. The normalized spacial score (nSPS) is 10.4. The summed E-state index contributed by atoms with van der Waals surface area (Å²) < 4.78 is 39.0. The van der Waals surface area contributed by atoms with Gasteiger partial charge < -0.3 is 14.4 Å². The van der Waals surface area contributed by atoms with Gasteiger partial charge in [0.25, 0.3) is 0 Å². The molecule has 0 aliphatic carbocycles. The summed E-state index contributed by atoms with van der Waals surface area (Å²) in [5.74, 6) is -2.22. The molecule has 8 heteroatoms. The molecule has 1 heterocycles. The van der Waals surface area contributed by atoms with Gasteiger partial charge >= 0.3 is 0 Å². The molecule has 0 N–H and O–H groups in total. The lowest BCUT2D eigenvalue weighted by atomic mass is 10.2. The predicted octanol–water partition coefficient (Wildman–Crippen LogP) is 3.59. The van der Waals surface area contributed by atoms with E-state index in [1.165, 1.54) is 25.3 Å². The Morgan fingerprint density at radius 3 is 2.46 bits per heavy atom. The van der Waals surface area contributed by atoms with Crippen LogP contribution in [0.5, 0.6) is 11.5 Å². The molecule has 0 fully saturated rings. The molecule has 0 aliphatic rings. The van der Waals surface area contributed by atoms with Gasteiger partial charge in [-0.1, -0.05) is 12.1 Å². The SMILES string of the molecule is COc1c(F)cc(N(CC#N)c2cnc3ccccc3n2)c(F)c1OC. The molecule has 0 aliphatic heterocycles. The highest BCUT2D eigenvalue weighted by molar-refractivity contribution is 5.77. The largest absolute Gasteiger partial charge is 0.490 e. The van der Waals surface area contributed by atoms with Crippen molar-refractivity contribution in [3.05, 3.63) is 48.2 Å². The second-order valence-electron chi connectivity index (χ2n) is 5.22. The van der Waals surface area contributed by atoms with Gasteiger partial charge in [0, 0.05) is 6.07 Å². The van der Waals surface area contributed by atoms with Crippen molar-refractivity contribution in [1.29, 1.82) is 5.26 Å². The maximum Gasteiger partial charge on any atom is 0.202 e. The number of para-hydroxylation sites is 2. The first kappa shape index (κ1) is 17.4. The van der Waals surface area contributed by atoms with E-state index in [0.717, 1.165) is 6.07 Å². The van der Waals surface area contributed by atoms with Gasteiger partial charge in [-0.2, -0.15) is 5.26 Å². The van der Waals surface area contributed by atoms with Crippen LogP contribution in [0.2, 0.25) is 0 Å². The molecule has 3 rings (SSSR count). The van der Waals surface area contributed by atoms with Crippen LogP contribution in [0.1, 0.15) is 0 Å². The summed E-state index contributed by atoms with van der Waals surface area (Å²) in [6, 6.07) is 9.97. The van der Waals surface area contributed by atoms with Crippen LogP contribution in [0.3, 0.4) is 0 Å². The Hall–Kier alpha value is -3.47. The lowest BCUT2D eigenvalue weighted by Crippen LogP contribution is -2.21. The van der Waals surface area contributed by atoms with E-state index < -0.39 is 11.6 Å². The maximum absolute atomic E-state index is 14.9. The van der Waals surface area contributed by atoms with Crippen LogP contribution >= 0.6 is 0 Å². The van der Waals surface area contributed by atoms with Crippen LogP contribution in [-0.4, -0.2) is 30.7 Å². The number of methoxy groups -OCH3 is 2. The minimum Gasteiger partial charge on any atom is -0.490 e. The molecule has 0 unspecified atom stereocenters. The zero-order valence-electron chi connectivity index (χ0n) is 14.0. The molecule has 0 bridgehead atoms. The zero-order chi connectivity index (χ0) is 18.7. The third-order valence-electron chi connectivity index (χ3n) is 3.75. The summed E-state index contributed by atoms with van der Waals surface area (Å²) >= 11 is 0. The zero-order valence-corrected chi connectivity index (χ0v) is 14.0. The van der Waals surface area contributed by atoms with Crippen LogP contribution in [0, 0.1) is 23.0 Å². The molecule has 0 atom stereocenters. The number of benzene rings is 2. The first-order valence-corrected chi connectivity index (χ1v) is 7.57. The summed E-state index contributed by atoms with van der Waals surface area (Å²) in [7, 11) is 2.41. The molecule has 1 aromatic heterocycles. The van der Waals surface area contributed by atoms with Gasteiger partial charge in [-0.3, -0.25) is 4.98 Å². The highest BCUT2D eigenvalue weighted by Gasteiger charge is 2.25. The third kappa shape index (κ3) is 2.95. The average Bonchev–Trinajstić information content (AvgIpc) is 2.67. The third-order valence-corrected chi connectivity index (χ3v) is 3.75. The first-order chi connectivity index (χ1) is 12.6. The molecule has 0 radical (unpaired) electrons. The van der Waals surface area contributed by atoms with Crippen LogP contribution in [0.4, 0.5) is 20.3 Å². The Morgan fingerprint density at radius 2 is 1.81 bits per heavy atom. The van der Waals surface area contributed by atoms with Gasteiger partial charge in [-0.05, 0) is 12.1 Å². The van der Waals surface area contributed by atoms with Crippen molar-refractivity contribution in [2.45, 2.75) is 0 Å². The van der Waals surface area contributed by atoms with Crippen LogP contribution in [-0.2, 0) is 0 Å². The molecule has 6 nitrogen and oxygen atoms in total. The first-order valence-electron chi connectivity index (χ1n) is 7.57. The molecule has 0 amide bonds. The number of aromatic nitrogens is 2. The fraction of sp³-hybridized carbons (Fsp3) is 0.167. The number of halogens is 2. The van der Waals surface area contributed by atoms with Crippen molar-refractivity contribution in [1.82, 2.24) is 9.97 Å². The second kappa shape index (κ2) is 7.19. The minimum atomic E-state index is -0.865. The molecule has 0 spiro atoms. The number of ether oxygens (including phenoxy) is 2. The van der Waals surface area contributed by atoms with Crippen molar-refractivity contribution >= 4 is 22.5 Å². The Bertz CT molecular complexity index is 1000. The van der Waals surface area contributed by atoms with Crippen LogP contribution in [0.15, 0.2) is 36.5 Å². The molecular formula is C18H14F2N4O2. The van der Waals surface area contributed by atoms with E-state index in [1.807, 2.05) is 12.1 Å². The van der Waals surface area contributed by atoms with Gasteiger partial charge in [-0.25, -0.2) is 13.8 Å². The van der Waals surface area contributed by atoms with E-state index in [-0.39, 0.29) is 29.5 Å². The summed E-state index contributed by atoms with van der Waals surface area (Å²) in [6.45, 7) is -0.265. The summed E-state index contributed by atoms with van der Waals surface area (Å²) in [5.41, 5.74) is 1.01. The Labute approximate surface area is 148 Å². The number of rotatable bonds is 5. The molecule has 3 aromatic rings. The number of hydrogen-bond donors (Lipinski definition) is 0. The van der Waals surface area contributed by atoms with Crippen molar-refractivity contribution in [2.24, 2.45) is 0 Å². The van der Waals surface area contributed by atoms with Gasteiger partial charge in [0.15, 0.2) is 23.2 Å². The Balaban J connectivity index is 2.19. The molecule has 2 aromatic carbocycles. The molecule has 26 heavy (non-hydrogen) atoms. The monoisotopic (exact) mass is 356 g/mol. The number of nitrogens with zero attached hydrogens (tertiary/aromatic N) is 4. The Kier molecular flexibility index (Phi) is 4.80. The van der Waals surface area contributed by atoms with Gasteiger partial charge in [0.05, 0.1) is 43.2 Å². The van der Waals surface area contributed by atoms with E-state index in [1.54, 1.807) is 18.2 Å². The number of anilines is 2. The standard InChI is InChI=1S/C18H14F2N4O2/c1-25-17-11(19)9-14(16(20)18(17)26-2)24(8-7-21)15-10-22-12-5-3-4-6-13(12)23-15/h3-6,9-10H,8H2,1-2H3. The van der Waals surface area contributed by atoms with Crippen molar-refractivity contribution in [3.8, 4) is 17.6 Å². The van der Waals surface area contributed by atoms with Crippen LogP contribution in [0.25, 0.3) is 11.0 Å². The predicted molar refractivity (Wildman–Crippen MR) is 91.6 cm³/mol. The lowest BCUT2D eigenvalue weighted by Gasteiger charge is -2.23. The van der Waals surface area contributed by atoms with E-state index in [2.05, 4.69) is 9.97 Å².